The van der Waals surface area contributed by atoms with Crippen LogP contribution in [0.25, 0.3) is 0 Å². The third-order valence-corrected chi connectivity index (χ3v) is 4.34. The molecule has 0 bridgehead atoms. The molecule has 0 aromatic carbocycles. The Kier molecular flexibility index (Phi) is 5.56. The van der Waals surface area contributed by atoms with Crippen molar-refractivity contribution in [2.75, 3.05) is 25.6 Å². The second-order valence-corrected chi connectivity index (χ2v) is 5.69. The summed E-state index contributed by atoms with van der Waals surface area (Å²) in [5.74, 6) is 1.29. The first-order valence-corrected chi connectivity index (χ1v) is 7.56. The molecule has 1 aromatic rings. The highest BCUT2D eigenvalue weighted by molar-refractivity contribution is 5.90. The molecule has 5 heteroatoms. The first kappa shape index (κ1) is 15.8. The molecule has 0 saturated heterocycles. The minimum atomic E-state index is -0.362. The average Bonchev–Trinajstić information content (AvgIpc) is 2.52. The number of esters is 1. The summed E-state index contributed by atoms with van der Waals surface area (Å²) >= 11 is 0. The van der Waals surface area contributed by atoms with Gasteiger partial charge in [-0.3, -0.25) is 0 Å². The Morgan fingerprint density at radius 3 is 2.71 bits per heavy atom. The van der Waals surface area contributed by atoms with E-state index in [1.165, 1.54) is 20.0 Å². The van der Waals surface area contributed by atoms with Gasteiger partial charge in [0.05, 0.1) is 18.4 Å². The molecule has 2 unspecified atom stereocenters. The normalized spacial score (nSPS) is 21.9. The molecule has 1 heterocycles. The zero-order chi connectivity index (χ0) is 15.2. The maximum Gasteiger partial charge on any atom is 0.339 e. The summed E-state index contributed by atoms with van der Waals surface area (Å²) in [7, 11) is 1.37. The lowest BCUT2D eigenvalue weighted by molar-refractivity contribution is 0.0599. The summed E-state index contributed by atoms with van der Waals surface area (Å²) in [5.41, 5.74) is 1.16. The number of nitrogens with one attached hydrogen (secondary N) is 1. The number of carbonyl (C=O) groups excluding carboxylic acids is 1. The number of aryl methyl sites for hydroxylation is 1. The highest BCUT2D eigenvalue weighted by Gasteiger charge is 2.24. The van der Waals surface area contributed by atoms with Crippen LogP contribution in [0.2, 0.25) is 0 Å². The second-order valence-electron chi connectivity index (χ2n) is 5.69. The molecule has 2 N–H and O–H groups in total. The molecule has 1 aliphatic carbocycles. The van der Waals surface area contributed by atoms with E-state index in [0.717, 1.165) is 25.2 Å². The van der Waals surface area contributed by atoms with Crippen molar-refractivity contribution in [1.82, 2.24) is 4.98 Å². The maximum absolute atomic E-state index is 11.5. The van der Waals surface area contributed by atoms with Gasteiger partial charge in [0.25, 0.3) is 0 Å². The molecule has 0 aliphatic heterocycles. The number of methoxy groups -OCH3 is 1. The van der Waals surface area contributed by atoms with Crippen molar-refractivity contribution in [1.29, 1.82) is 0 Å². The Labute approximate surface area is 125 Å². The van der Waals surface area contributed by atoms with E-state index in [0.29, 0.717) is 23.1 Å². The topological polar surface area (TPSA) is 71.5 Å². The number of aromatic nitrogens is 1. The van der Waals surface area contributed by atoms with Gasteiger partial charge < -0.3 is 15.2 Å². The van der Waals surface area contributed by atoms with E-state index in [2.05, 4.69) is 10.3 Å². The summed E-state index contributed by atoms with van der Waals surface area (Å²) in [5, 5.41) is 12.8. The Morgan fingerprint density at radius 2 is 2.10 bits per heavy atom. The number of pyridine rings is 1. The minimum absolute atomic E-state index is 0.264. The van der Waals surface area contributed by atoms with Gasteiger partial charge in [-0.2, -0.15) is 0 Å². The van der Waals surface area contributed by atoms with Crippen molar-refractivity contribution >= 4 is 11.8 Å². The van der Waals surface area contributed by atoms with Crippen LogP contribution in [0.4, 0.5) is 5.82 Å². The van der Waals surface area contributed by atoms with Gasteiger partial charge in [-0.25, -0.2) is 9.78 Å². The number of nitrogens with zero attached hydrogens (tertiary/aromatic N) is 1. The molecule has 5 nitrogen and oxygen atoms in total. The highest BCUT2D eigenvalue weighted by atomic mass is 16.5. The van der Waals surface area contributed by atoms with Crippen LogP contribution in [0.3, 0.4) is 0 Å². The molecule has 0 spiro atoms. The lowest BCUT2D eigenvalue weighted by Gasteiger charge is -2.30. The van der Waals surface area contributed by atoms with Crippen molar-refractivity contribution < 1.29 is 14.6 Å². The van der Waals surface area contributed by atoms with Crippen molar-refractivity contribution in [2.45, 2.75) is 32.6 Å². The van der Waals surface area contributed by atoms with Crippen LogP contribution in [0.5, 0.6) is 0 Å². The number of anilines is 1. The van der Waals surface area contributed by atoms with E-state index in [1.54, 1.807) is 19.1 Å². The van der Waals surface area contributed by atoms with Gasteiger partial charge >= 0.3 is 5.97 Å². The van der Waals surface area contributed by atoms with E-state index in [9.17, 15) is 9.90 Å². The van der Waals surface area contributed by atoms with Crippen molar-refractivity contribution in [3.05, 3.63) is 23.4 Å². The van der Waals surface area contributed by atoms with Gasteiger partial charge in [0.2, 0.25) is 0 Å². The van der Waals surface area contributed by atoms with E-state index < -0.39 is 0 Å². The molecule has 0 amide bonds. The van der Waals surface area contributed by atoms with Gasteiger partial charge in [-0.15, -0.1) is 0 Å². The molecule has 1 aliphatic rings. The Morgan fingerprint density at radius 1 is 1.38 bits per heavy atom. The van der Waals surface area contributed by atoms with Crippen LogP contribution in [-0.2, 0) is 4.74 Å². The van der Waals surface area contributed by atoms with Crippen molar-refractivity contribution in [3.63, 3.8) is 0 Å². The Bertz CT molecular complexity index is 490. The standard InChI is InChI=1S/C16H24N2O3/c1-11-14(16(20)21-2)7-8-15(18-11)17-9-12-5-3-4-6-13(12)10-19/h7-8,12-13,19H,3-6,9-10H2,1-2H3,(H,17,18). The fourth-order valence-electron chi connectivity index (χ4n) is 3.01. The van der Waals surface area contributed by atoms with Gasteiger partial charge in [-0.1, -0.05) is 12.8 Å². The van der Waals surface area contributed by atoms with E-state index >= 15 is 0 Å². The lowest BCUT2D eigenvalue weighted by Crippen LogP contribution is -2.28. The molecule has 1 fully saturated rings. The average molecular weight is 292 g/mol. The smallest absolute Gasteiger partial charge is 0.339 e. The SMILES string of the molecule is COC(=O)c1ccc(NCC2CCCCC2CO)nc1C. The highest BCUT2D eigenvalue weighted by Crippen LogP contribution is 2.29. The van der Waals surface area contributed by atoms with Crippen LogP contribution >= 0.6 is 0 Å². The molecule has 116 valence electrons. The van der Waals surface area contributed by atoms with Crippen LogP contribution in [0, 0.1) is 18.8 Å². The van der Waals surface area contributed by atoms with Crippen LogP contribution < -0.4 is 5.32 Å². The number of hydrogen-bond donors (Lipinski definition) is 2. The lowest BCUT2D eigenvalue weighted by atomic mass is 9.79. The van der Waals surface area contributed by atoms with Gasteiger partial charge in [0.15, 0.2) is 0 Å². The van der Waals surface area contributed by atoms with E-state index in [4.69, 9.17) is 4.74 Å². The zero-order valence-corrected chi connectivity index (χ0v) is 12.8. The molecule has 2 rings (SSSR count). The Balaban J connectivity index is 1.97. The fraction of sp³-hybridized carbons (Fsp3) is 0.625. The quantitative estimate of drug-likeness (QED) is 0.815. The van der Waals surface area contributed by atoms with Crippen LogP contribution in [-0.4, -0.2) is 36.3 Å². The number of hydrogen-bond acceptors (Lipinski definition) is 5. The molecule has 1 saturated carbocycles. The number of rotatable bonds is 5. The van der Waals surface area contributed by atoms with Gasteiger partial charge in [0.1, 0.15) is 5.82 Å². The van der Waals surface area contributed by atoms with Crippen molar-refractivity contribution in [3.8, 4) is 0 Å². The molecular weight excluding hydrogens is 268 g/mol. The first-order chi connectivity index (χ1) is 10.2. The van der Waals surface area contributed by atoms with Crippen LogP contribution in [0.1, 0.15) is 41.7 Å². The fourth-order valence-corrected chi connectivity index (χ4v) is 3.01. The molecule has 0 radical (unpaired) electrons. The molecule has 2 atom stereocenters. The number of ether oxygens (including phenoxy) is 1. The van der Waals surface area contributed by atoms with Gasteiger partial charge in [-0.05, 0) is 43.7 Å². The van der Waals surface area contributed by atoms with Crippen LogP contribution in [0.15, 0.2) is 12.1 Å². The molecule has 1 aromatic heterocycles. The number of aliphatic hydroxyl groups excluding tert-OH is 1. The monoisotopic (exact) mass is 292 g/mol. The summed E-state index contributed by atoms with van der Waals surface area (Å²) in [6.07, 6.45) is 4.71. The predicted molar refractivity (Wildman–Crippen MR) is 81.3 cm³/mol. The zero-order valence-electron chi connectivity index (χ0n) is 12.8. The summed E-state index contributed by atoms with van der Waals surface area (Å²) in [4.78, 5) is 15.9. The third-order valence-electron chi connectivity index (χ3n) is 4.34. The van der Waals surface area contributed by atoms with Crippen molar-refractivity contribution in [2.24, 2.45) is 11.8 Å². The largest absolute Gasteiger partial charge is 0.465 e. The number of carbonyl (C=O) groups is 1. The first-order valence-electron chi connectivity index (χ1n) is 7.56. The summed E-state index contributed by atoms with van der Waals surface area (Å²) < 4.78 is 4.71. The predicted octanol–water partition coefficient (Wildman–Crippen LogP) is 2.39. The second kappa shape index (κ2) is 7.41. The maximum atomic E-state index is 11.5. The van der Waals surface area contributed by atoms with E-state index in [-0.39, 0.29) is 12.6 Å². The third kappa shape index (κ3) is 3.94. The summed E-state index contributed by atoms with van der Waals surface area (Å²) in [6, 6.07) is 3.54. The molecule has 21 heavy (non-hydrogen) atoms. The van der Waals surface area contributed by atoms with E-state index in [1.807, 2.05) is 0 Å². The molecular formula is C16H24N2O3. The minimum Gasteiger partial charge on any atom is -0.465 e. The van der Waals surface area contributed by atoms with Gasteiger partial charge in [0, 0.05) is 13.2 Å². The summed E-state index contributed by atoms with van der Waals surface area (Å²) in [6.45, 7) is 2.88. The Hall–Kier alpha value is -1.62. The number of aliphatic hydroxyl groups is 1.